The van der Waals surface area contributed by atoms with Crippen molar-refractivity contribution >= 4 is 11.8 Å². The van der Waals surface area contributed by atoms with E-state index in [0.717, 1.165) is 0 Å². The topological polar surface area (TPSA) is 43.4 Å². The van der Waals surface area contributed by atoms with Gasteiger partial charge in [-0.2, -0.15) is 0 Å². The molecule has 0 spiro atoms. The van der Waals surface area contributed by atoms with Crippen molar-refractivity contribution in [3.8, 4) is 0 Å². The predicted molar refractivity (Wildman–Crippen MR) is 45.7 cm³/mol. The lowest BCUT2D eigenvalue weighted by Gasteiger charge is -2.19. The van der Waals surface area contributed by atoms with Crippen LogP contribution in [0, 0.1) is 0 Å². The van der Waals surface area contributed by atoms with E-state index in [4.69, 9.17) is 4.74 Å². The van der Waals surface area contributed by atoms with Crippen LogP contribution in [0.3, 0.4) is 0 Å². The number of esters is 1. The first-order chi connectivity index (χ1) is 6.20. The third kappa shape index (κ3) is 1.13. The molecule has 2 rings (SSSR count). The Labute approximate surface area is 75.3 Å². The summed E-state index contributed by atoms with van der Waals surface area (Å²) >= 11 is 0. The van der Waals surface area contributed by atoms with Gasteiger partial charge in [0.25, 0.3) is 0 Å². The van der Waals surface area contributed by atoms with Crippen molar-refractivity contribution in [1.29, 1.82) is 0 Å². The third-order valence-electron chi connectivity index (χ3n) is 2.07. The SMILES string of the molecule is CC1OC(=O)c2ccccc2C1=O. The highest BCUT2D eigenvalue weighted by Crippen LogP contribution is 2.19. The number of rotatable bonds is 0. The van der Waals surface area contributed by atoms with E-state index in [1.165, 1.54) is 0 Å². The highest BCUT2D eigenvalue weighted by atomic mass is 16.5. The molecule has 0 aliphatic carbocycles. The molecule has 3 nitrogen and oxygen atoms in total. The fraction of sp³-hybridized carbons (Fsp3) is 0.200. The Hall–Kier alpha value is -1.64. The van der Waals surface area contributed by atoms with Gasteiger partial charge in [0.05, 0.1) is 5.56 Å². The summed E-state index contributed by atoms with van der Waals surface area (Å²) in [5.41, 5.74) is 0.830. The van der Waals surface area contributed by atoms with Gasteiger partial charge in [-0.1, -0.05) is 18.2 Å². The van der Waals surface area contributed by atoms with E-state index in [-0.39, 0.29) is 5.78 Å². The number of cyclic esters (lactones) is 1. The van der Waals surface area contributed by atoms with Gasteiger partial charge in [-0.3, -0.25) is 4.79 Å². The van der Waals surface area contributed by atoms with Gasteiger partial charge in [0.15, 0.2) is 6.10 Å². The number of benzene rings is 1. The molecule has 0 saturated heterocycles. The first-order valence-corrected chi connectivity index (χ1v) is 4.04. The van der Waals surface area contributed by atoms with Gasteiger partial charge in [0.1, 0.15) is 0 Å². The Morgan fingerprint density at radius 3 is 2.46 bits per heavy atom. The second kappa shape index (κ2) is 2.69. The molecule has 0 radical (unpaired) electrons. The van der Waals surface area contributed by atoms with E-state index >= 15 is 0 Å². The van der Waals surface area contributed by atoms with Gasteiger partial charge in [-0.15, -0.1) is 0 Å². The number of fused-ring (bicyclic) bond motifs is 1. The lowest BCUT2D eigenvalue weighted by molar-refractivity contribution is 0.0282. The monoisotopic (exact) mass is 176 g/mol. The number of Topliss-reactive ketones (excluding diaryl/α,β-unsaturated/α-hetero) is 1. The molecule has 66 valence electrons. The molecule has 0 N–H and O–H groups in total. The zero-order chi connectivity index (χ0) is 9.42. The highest BCUT2D eigenvalue weighted by molar-refractivity contribution is 6.12. The van der Waals surface area contributed by atoms with E-state index in [1.54, 1.807) is 31.2 Å². The van der Waals surface area contributed by atoms with Crippen LogP contribution in [-0.4, -0.2) is 17.9 Å². The van der Waals surface area contributed by atoms with E-state index in [9.17, 15) is 9.59 Å². The van der Waals surface area contributed by atoms with Crippen LogP contribution in [0.15, 0.2) is 24.3 Å². The fourth-order valence-electron chi connectivity index (χ4n) is 1.37. The van der Waals surface area contributed by atoms with Crippen molar-refractivity contribution in [3.63, 3.8) is 0 Å². The lowest BCUT2D eigenvalue weighted by atomic mass is 9.98. The lowest BCUT2D eigenvalue weighted by Crippen LogP contribution is -2.31. The number of hydrogen-bond acceptors (Lipinski definition) is 3. The molecular weight excluding hydrogens is 168 g/mol. The largest absolute Gasteiger partial charge is 0.451 e. The van der Waals surface area contributed by atoms with Gasteiger partial charge >= 0.3 is 5.97 Å². The minimum atomic E-state index is -0.651. The standard InChI is InChI=1S/C10H8O3/c1-6-9(11)7-4-2-3-5-8(7)10(12)13-6/h2-6H,1H3. The summed E-state index contributed by atoms with van der Waals surface area (Å²) in [7, 11) is 0. The Balaban J connectivity index is 2.60. The van der Waals surface area contributed by atoms with E-state index in [2.05, 4.69) is 0 Å². The molecule has 0 amide bonds. The maximum absolute atomic E-state index is 11.5. The van der Waals surface area contributed by atoms with Crippen LogP contribution in [0.25, 0.3) is 0 Å². The molecule has 13 heavy (non-hydrogen) atoms. The Bertz CT molecular complexity index is 382. The van der Waals surface area contributed by atoms with Gasteiger partial charge in [-0.05, 0) is 13.0 Å². The summed E-state index contributed by atoms with van der Waals surface area (Å²) in [6.07, 6.45) is -0.651. The fourth-order valence-corrected chi connectivity index (χ4v) is 1.37. The zero-order valence-electron chi connectivity index (χ0n) is 7.11. The Morgan fingerprint density at radius 1 is 1.15 bits per heavy atom. The number of carbonyl (C=O) groups excluding carboxylic acids is 2. The normalized spacial score (nSPS) is 20.8. The number of ether oxygens (including phenoxy) is 1. The molecule has 0 fully saturated rings. The quantitative estimate of drug-likeness (QED) is 0.561. The average Bonchev–Trinajstić information content (AvgIpc) is 2.15. The van der Waals surface area contributed by atoms with E-state index in [1.807, 2.05) is 0 Å². The van der Waals surface area contributed by atoms with Crippen LogP contribution < -0.4 is 0 Å². The molecule has 0 saturated carbocycles. The van der Waals surface area contributed by atoms with Crippen molar-refractivity contribution in [2.24, 2.45) is 0 Å². The number of hydrogen-bond donors (Lipinski definition) is 0. The summed E-state index contributed by atoms with van der Waals surface area (Å²) in [5.74, 6) is -0.544. The predicted octanol–water partition coefficient (Wildman–Crippen LogP) is 1.43. The highest BCUT2D eigenvalue weighted by Gasteiger charge is 2.30. The van der Waals surface area contributed by atoms with Crippen LogP contribution in [0.4, 0.5) is 0 Å². The second-order valence-corrected chi connectivity index (χ2v) is 2.96. The summed E-state index contributed by atoms with van der Waals surface area (Å²) in [5, 5.41) is 0. The maximum Gasteiger partial charge on any atom is 0.339 e. The number of ketones is 1. The molecule has 1 aromatic rings. The van der Waals surface area contributed by atoms with E-state index in [0.29, 0.717) is 11.1 Å². The smallest absolute Gasteiger partial charge is 0.339 e. The van der Waals surface area contributed by atoms with Crippen LogP contribution in [0.5, 0.6) is 0 Å². The number of carbonyl (C=O) groups is 2. The molecule has 1 aliphatic rings. The van der Waals surface area contributed by atoms with Gasteiger partial charge < -0.3 is 4.74 Å². The molecular formula is C10H8O3. The van der Waals surface area contributed by atoms with E-state index < -0.39 is 12.1 Å². The second-order valence-electron chi connectivity index (χ2n) is 2.96. The van der Waals surface area contributed by atoms with Crippen molar-refractivity contribution in [2.45, 2.75) is 13.0 Å². The molecule has 1 unspecified atom stereocenters. The molecule has 1 aliphatic heterocycles. The van der Waals surface area contributed by atoms with Gasteiger partial charge in [-0.25, -0.2) is 4.79 Å². The molecule has 1 atom stereocenters. The summed E-state index contributed by atoms with van der Waals surface area (Å²) in [6.45, 7) is 1.58. The Kier molecular flexibility index (Phi) is 1.65. The molecule has 1 aromatic carbocycles. The van der Waals surface area contributed by atoms with Gasteiger partial charge in [0, 0.05) is 5.56 Å². The Morgan fingerprint density at radius 2 is 1.77 bits per heavy atom. The minimum absolute atomic E-state index is 0.129. The van der Waals surface area contributed by atoms with Crippen molar-refractivity contribution in [1.82, 2.24) is 0 Å². The van der Waals surface area contributed by atoms with Gasteiger partial charge in [0.2, 0.25) is 5.78 Å². The molecule has 0 bridgehead atoms. The molecule has 3 heteroatoms. The van der Waals surface area contributed by atoms with Crippen molar-refractivity contribution < 1.29 is 14.3 Å². The summed E-state index contributed by atoms with van der Waals surface area (Å²) < 4.78 is 4.84. The minimum Gasteiger partial charge on any atom is -0.451 e. The first kappa shape index (κ1) is 7.98. The van der Waals surface area contributed by atoms with Crippen LogP contribution in [0.1, 0.15) is 27.6 Å². The van der Waals surface area contributed by atoms with Crippen molar-refractivity contribution in [2.75, 3.05) is 0 Å². The maximum atomic E-state index is 11.5. The summed E-state index contributed by atoms with van der Waals surface area (Å²) in [6, 6.07) is 6.70. The van der Waals surface area contributed by atoms with Crippen LogP contribution >= 0.6 is 0 Å². The van der Waals surface area contributed by atoms with Crippen LogP contribution in [-0.2, 0) is 4.74 Å². The third-order valence-corrected chi connectivity index (χ3v) is 2.07. The average molecular weight is 176 g/mol. The van der Waals surface area contributed by atoms with Crippen LogP contribution in [0.2, 0.25) is 0 Å². The van der Waals surface area contributed by atoms with Crippen molar-refractivity contribution in [3.05, 3.63) is 35.4 Å². The zero-order valence-corrected chi connectivity index (χ0v) is 7.11. The molecule has 0 aromatic heterocycles. The first-order valence-electron chi connectivity index (χ1n) is 4.04. The molecule has 1 heterocycles. The summed E-state index contributed by atoms with van der Waals surface area (Å²) in [4.78, 5) is 22.8.